The summed E-state index contributed by atoms with van der Waals surface area (Å²) in [4.78, 5) is 2.59. The van der Waals surface area contributed by atoms with E-state index in [9.17, 15) is 0 Å². The molecule has 0 aliphatic carbocycles. The maximum absolute atomic E-state index is 5.69. The second-order valence-electron chi connectivity index (χ2n) is 6.64. The van der Waals surface area contributed by atoms with E-state index >= 15 is 0 Å². The number of benzene rings is 2. The molecule has 2 aromatic rings. The van der Waals surface area contributed by atoms with Crippen LogP contribution in [0.1, 0.15) is 34.7 Å². The highest BCUT2D eigenvalue weighted by atomic mass is 16.5. The average molecular weight is 324 g/mol. The molecular weight excluding hydrogens is 296 g/mol. The van der Waals surface area contributed by atoms with Gasteiger partial charge in [0.15, 0.2) is 0 Å². The van der Waals surface area contributed by atoms with E-state index in [2.05, 4.69) is 60.5 Å². The lowest BCUT2D eigenvalue weighted by Gasteiger charge is -2.33. The van der Waals surface area contributed by atoms with Crippen LogP contribution in [0.25, 0.3) is 0 Å². The number of rotatable bonds is 4. The molecule has 1 atom stereocenters. The van der Waals surface area contributed by atoms with Crippen molar-refractivity contribution in [3.05, 3.63) is 64.7 Å². The number of nitrogens with one attached hydrogen (secondary N) is 1. The van der Waals surface area contributed by atoms with E-state index in [0.717, 1.165) is 31.9 Å². The van der Waals surface area contributed by atoms with Crippen molar-refractivity contribution in [1.82, 2.24) is 10.2 Å². The van der Waals surface area contributed by atoms with Crippen molar-refractivity contribution in [2.75, 3.05) is 33.3 Å². The molecule has 1 fully saturated rings. The molecule has 0 spiro atoms. The zero-order valence-electron chi connectivity index (χ0n) is 15.0. The van der Waals surface area contributed by atoms with Gasteiger partial charge in [0.1, 0.15) is 5.75 Å². The molecule has 24 heavy (non-hydrogen) atoms. The van der Waals surface area contributed by atoms with Crippen LogP contribution in [0.5, 0.6) is 5.75 Å². The number of hydrogen-bond donors (Lipinski definition) is 1. The summed E-state index contributed by atoms with van der Waals surface area (Å²) in [5, 5.41) is 3.51. The summed E-state index contributed by atoms with van der Waals surface area (Å²) in [6, 6.07) is 15.5. The first kappa shape index (κ1) is 17.0. The van der Waals surface area contributed by atoms with Crippen molar-refractivity contribution in [3.8, 4) is 5.75 Å². The highest BCUT2D eigenvalue weighted by Gasteiger charge is 2.26. The average Bonchev–Trinajstić information content (AvgIpc) is 2.87. The van der Waals surface area contributed by atoms with Gasteiger partial charge in [-0.1, -0.05) is 42.0 Å². The molecule has 1 unspecified atom stereocenters. The minimum absolute atomic E-state index is 0.238. The van der Waals surface area contributed by atoms with E-state index < -0.39 is 0 Å². The summed E-state index contributed by atoms with van der Waals surface area (Å²) in [7, 11) is 1.77. The monoisotopic (exact) mass is 324 g/mol. The molecule has 128 valence electrons. The van der Waals surface area contributed by atoms with E-state index in [4.69, 9.17) is 4.74 Å². The quantitative estimate of drug-likeness (QED) is 0.928. The van der Waals surface area contributed by atoms with Gasteiger partial charge in [-0.3, -0.25) is 4.90 Å². The molecule has 3 nitrogen and oxygen atoms in total. The van der Waals surface area contributed by atoms with Crippen molar-refractivity contribution in [1.29, 1.82) is 0 Å². The van der Waals surface area contributed by atoms with E-state index in [-0.39, 0.29) is 6.04 Å². The molecule has 0 radical (unpaired) electrons. The van der Waals surface area contributed by atoms with E-state index in [0.29, 0.717) is 0 Å². The van der Waals surface area contributed by atoms with Crippen molar-refractivity contribution >= 4 is 0 Å². The van der Waals surface area contributed by atoms with Gasteiger partial charge in [0, 0.05) is 25.2 Å². The fourth-order valence-corrected chi connectivity index (χ4v) is 3.71. The summed E-state index contributed by atoms with van der Waals surface area (Å²) < 4.78 is 5.69. The van der Waals surface area contributed by atoms with Crippen LogP contribution in [0.15, 0.2) is 42.5 Å². The van der Waals surface area contributed by atoms with Gasteiger partial charge in [0.2, 0.25) is 0 Å². The van der Waals surface area contributed by atoms with Crippen LogP contribution in [0.4, 0.5) is 0 Å². The molecular formula is C21H28N2O. The van der Waals surface area contributed by atoms with Crippen LogP contribution in [0.2, 0.25) is 0 Å². The Morgan fingerprint density at radius 1 is 1.00 bits per heavy atom. The summed E-state index contributed by atoms with van der Waals surface area (Å²) in [5.41, 5.74) is 5.30. The maximum Gasteiger partial charge on any atom is 0.123 e. The van der Waals surface area contributed by atoms with Gasteiger partial charge >= 0.3 is 0 Å². The minimum atomic E-state index is 0.238. The van der Waals surface area contributed by atoms with Gasteiger partial charge in [-0.15, -0.1) is 0 Å². The predicted molar refractivity (Wildman–Crippen MR) is 99.8 cm³/mol. The molecule has 0 amide bonds. The van der Waals surface area contributed by atoms with Gasteiger partial charge in [0.25, 0.3) is 0 Å². The zero-order valence-corrected chi connectivity index (χ0v) is 15.0. The minimum Gasteiger partial charge on any atom is -0.496 e. The molecule has 1 heterocycles. The third-order valence-electron chi connectivity index (χ3n) is 4.89. The summed E-state index contributed by atoms with van der Waals surface area (Å²) in [6.45, 7) is 8.67. The lowest BCUT2D eigenvalue weighted by Crippen LogP contribution is -2.33. The second-order valence-corrected chi connectivity index (χ2v) is 6.64. The van der Waals surface area contributed by atoms with Crippen LogP contribution in [0.3, 0.4) is 0 Å². The van der Waals surface area contributed by atoms with Gasteiger partial charge < -0.3 is 10.1 Å². The molecule has 0 aromatic heterocycles. The number of hydrogen-bond acceptors (Lipinski definition) is 3. The van der Waals surface area contributed by atoms with E-state index in [1.807, 2.05) is 6.07 Å². The van der Waals surface area contributed by atoms with Gasteiger partial charge in [-0.05, 0) is 44.0 Å². The summed E-state index contributed by atoms with van der Waals surface area (Å²) >= 11 is 0. The number of para-hydroxylation sites is 1. The number of nitrogens with zero attached hydrogens (tertiary/aromatic N) is 1. The topological polar surface area (TPSA) is 24.5 Å². The standard InChI is InChI=1S/C21H28N2O/c1-16-9-10-18(17(2)15-16)21(23-13-6-11-22-12-14-23)19-7-4-5-8-20(19)24-3/h4-5,7-10,15,21-22H,6,11-14H2,1-3H3. The van der Waals surface area contributed by atoms with Crippen LogP contribution in [-0.2, 0) is 0 Å². The molecule has 1 N–H and O–H groups in total. The number of aryl methyl sites for hydroxylation is 2. The Hall–Kier alpha value is -1.84. The maximum atomic E-state index is 5.69. The Morgan fingerprint density at radius 2 is 1.83 bits per heavy atom. The Bertz CT molecular complexity index is 675. The van der Waals surface area contributed by atoms with Gasteiger partial charge in [-0.2, -0.15) is 0 Å². The normalized spacial score (nSPS) is 17.3. The van der Waals surface area contributed by atoms with Crippen molar-refractivity contribution in [2.45, 2.75) is 26.3 Å². The smallest absolute Gasteiger partial charge is 0.123 e. The predicted octanol–water partition coefficient (Wildman–Crippen LogP) is 3.70. The van der Waals surface area contributed by atoms with Gasteiger partial charge in [-0.25, -0.2) is 0 Å². The molecule has 1 saturated heterocycles. The van der Waals surface area contributed by atoms with Crippen LogP contribution in [0, 0.1) is 13.8 Å². The molecule has 3 rings (SSSR count). The Labute approximate surface area is 145 Å². The molecule has 2 aromatic carbocycles. The van der Waals surface area contributed by atoms with Crippen LogP contribution in [-0.4, -0.2) is 38.2 Å². The molecule has 0 saturated carbocycles. The van der Waals surface area contributed by atoms with Crippen molar-refractivity contribution in [3.63, 3.8) is 0 Å². The highest BCUT2D eigenvalue weighted by molar-refractivity contribution is 5.45. The lowest BCUT2D eigenvalue weighted by atomic mass is 9.91. The van der Waals surface area contributed by atoms with Crippen molar-refractivity contribution < 1.29 is 4.74 Å². The summed E-state index contributed by atoms with van der Waals surface area (Å²) in [6.07, 6.45) is 1.18. The largest absolute Gasteiger partial charge is 0.496 e. The first-order valence-electron chi connectivity index (χ1n) is 8.85. The Kier molecular flexibility index (Phi) is 5.54. The second kappa shape index (κ2) is 7.82. The first-order chi connectivity index (χ1) is 11.7. The third kappa shape index (κ3) is 3.63. The third-order valence-corrected chi connectivity index (χ3v) is 4.89. The Morgan fingerprint density at radius 3 is 2.62 bits per heavy atom. The van der Waals surface area contributed by atoms with E-state index in [1.165, 1.54) is 28.7 Å². The molecule has 1 aliphatic heterocycles. The first-order valence-corrected chi connectivity index (χ1v) is 8.85. The van der Waals surface area contributed by atoms with Crippen molar-refractivity contribution in [2.24, 2.45) is 0 Å². The molecule has 0 bridgehead atoms. The molecule has 1 aliphatic rings. The number of ether oxygens (including phenoxy) is 1. The fourth-order valence-electron chi connectivity index (χ4n) is 3.71. The van der Waals surface area contributed by atoms with Crippen LogP contribution < -0.4 is 10.1 Å². The highest BCUT2D eigenvalue weighted by Crippen LogP contribution is 2.36. The zero-order chi connectivity index (χ0) is 16.9. The molecule has 3 heteroatoms. The van der Waals surface area contributed by atoms with E-state index in [1.54, 1.807) is 7.11 Å². The lowest BCUT2D eigenvalue weighted by molar-refractivity contribution is 0.235. The summed E-state index contributed by atoms with van der Waals surface area (Å²) in [5.74, 6) is 0.972. The van der Waals surface area contributed by atoms with Gasteiger partial charge in [0.05, 0.1) is 13.2 Å². The SMILES string of the molecule is COc1ccccc1C(c1ccc(C)cc1C)N1CCCNCC1. The Balaban J connectivity index is 2.09. The fraction of sp³-hybridized carbons (Fsp3) is 0.429. The van der Waals surface area contributed by atoms with Crippen LogP contribution >= 0.6 is 0 Å². The number of methoxy groups -OCH3 is 1.